The number of nitrogens with zero attached hydrogens (tertiary/aromatic N) is 3. The molecule has 2 aromatic rings. The third kappa shape index (κ3) is 3.21. The molecule has 0 radical (unpaired) electrons. The molecule has 0 bridgehead atoms. The number of aromatic amines is 1. The standard InChI is InChI=1S/C19H21FN4O2/c1-12(25)14-4-5-18(15(20)10-14)23-6-8-24(9-7-23)19(26)17-11-16(21-22-17)13-2-3-13/h4-5,10-11,13H,2-3,6-9H2,1H3,(H,21,22). The van der Waals surface area contributed by atoms with Gasteiger partial charge in [-0.25, -0.2) is 4.39 Å². The second-order valence-electron chi connectivity index (χ2n) is 6.98. The van der Waals surface area contributed by atoms with Crippen LogP contribution in [-0.4, -0.2) is 53.0 Å². The van der Waals surface area contributed by atoms with E-state index in [2.05, 4.69) is 10.2 Å². The number of halogens is 1. The molecule has 1 amide bonds. The van der Waals surface area contributed by atoms with Crippen molar-refractivity contribution in [3.05, 3.63) is 47.0 Å². The van der Waals surface area contributed by atoms with Crippen LogP contribution in [0.3, 0.4) is 0 Å². The number of Topliss-reactive ketones (excluding diaryl/α,β-unsaturated/α-hetero) is 1. The lowest BCUT2D eigenvalue weighted by Gasteiger charge is -2.36. The highest BCUT2D eigenvalue weighted by molar-refractivity contribution is 5.94. The highest BCUT2D eigenvalue weighted by Gasteiger charge is 2.29. The first-order valence-corrected chi connectivity index (χ1v) is 8.93. The van der Waals surface area contributed by atoms with E-state index in [9.17, 15) is 14.0 Å². The molecule has 26 heavy (non-hydrogen) atoms. The van der Waals surface area contributed by atoms with Gasteiger partial charge in [0.1, 0.15) is 11.5 Å². The Labute approximate surface area is 151 Å². The minimum atomic E-state index is -0.404. The minimum absolute atomic E-state index is 0.0831. The Morgan fingerprint density at radius 2 is 1.88 bits per heavy atom. The average molecular weight is 356 g/mol. The van der Waals surface area contributed by atoms with Crippen LogP contribution in [0.15, 0.2) is 24.3 Å². The summed E-state index contributed by atoms with van der Waals surface area (Å²) in [4.78, 5) is 27.6. The van der Waals surface area contributed by atoms with Gasteiger partial charge in [-0.15, -0.1) is 0 Å². The van der Waals surface area contributed by atoms with Crippen molar-refractivity contribution in [3.8, 4) is 0 Å². The lowest BCUT2D eigenvalue weighted by Crippen LogP contribution is -2.49. The van der Waals surface area contributed by atoms with Gasteiger partial charge < -0.3 is 9.80 Å². The fourth-order valence-corrected chi connectivity index (χ4v) is 3.34. The third-order valence-corrected chi connectivity index (χ3v) is 5.10. The van der Waals surface area contributed by atoms with Crippen LogP contribution in [0.25, 0.3) is 0 Å². The van der Waals surface area contributed by atoms with Crippen LogP contribution in [0.5, 0.6) is 0 Å². The Balaban J connectivity index is 1.40. The summed E-state index contributed by atoms with van der Waals surface area (Å²) in [5.41, 5.74) is 2.33. The van der Waals surface area contributed by atoms with E-state index in [0.717, 1.165) is 18.5 Å². The Kier molecular flexibility index (Phi) is 4.22. The highest BCUT2D eigenvalue weighted by Crippen LogP contribution is 2.39. The number of nitrogens with one attached hydrogen (secondary N) is 1. The molecule has 0 unspecified atom stereocenters. The largest absolute Gasteiger partial charge is 0.366 e. The molecule has 1 aromatic carbocycles. The first kappa shape index (κ1) is 16.8. The fourth-order valence-electron chi connectivity index (χ4n) is 3.34. The Bertz CT molecular complexity index is 851. The number of hydrogen-bond acceptors (Lipinski definition) is 4. The SMILES string of the molecule is CC(=O)c1ccc(N2CCN(C(=O)c3cc(C4CC4)[nH]n3)CC2)c(F)c1. The number of benzene rings is 1. The van der Waals surface area contributed by atoms with E-state index >= 15 is 0 Å². The third-order valence-electron chi connectivity index (χ3n) is 5.10. The van der Waals surface area contributed by atoms with Gasteiger partial charge in [0, 0.05) is 43.4 Å². The van der Waals surface area contributed by atoms with Crippen LogP contribution in [0.2, 0.25) is 0 Å². The van der Waals surface area contributed by atoms with E-state index in [-0.39, 0.29) is 11.7 Å². The molecule has 1 aliphatic carbocycles. The molecule has 1 aliphatic heterocycles. The molecule has 136 valence electrons. The van der Waals surface area contributed by atoms with Gasteiger partial charge in [0.2, 0.25) is 0 Å². The Hall–Kier alpha value is -2.70. The van der Waals surface area contributed by atoms with Gasteiger partial charge in [-0.05, 0) is 44.0 Å². The lowest BCUT2D eigenvalue weighted by atomic mass is 10.1. The molecule has 6 nitrogen and oxygen atoms in total. The van der Waals surface area contributed by atoms with Crippen LogP contribution in [0.1, 0.15) is 52.2 Å². The zero-order chi connectivity index (χ0) is 18.3. The number of amides is 1. The molecular weight excluding hydrogens is 335 g/mol. The number of piperazine rings is 1. The minimum Gasteiger partial charge on any atom is -0.366 e. The number of carbonyl (C=O) groups is 2. The van der Waals surface area contributed by atoms with Crippen molar-refractivity contribution < 1.29 is 14.0 Å². The number of anilines is 1. The predicted molar refractivity (Wildman–Crippen MR) is 95.1 cm³/mol. The molecule has 1 saturated carbocycles. The van der Waals surface area contributed by atoms with E-state index in [4.69, 9.17) is 0 Å². The number of ketones is 1. The summed E-state index contributed by atoms with van der Waals surface area (Å²) in [5.74, 6) is -0.115. The summed E-state index contributed by atoms with van der Waals surface area (Å²) < 4.78 is 14.3. The quantitative estimate of drug-likeness (QED) is 0.855. The van der Waals surface area contributed by atoms with E-state index < -0.39 is 5.82 Å². The number of aromatic nitrogens is 2. The molecule has 1 N–H and O–H groups in total. The number of hydrogen-bond donors (Lipinski definition) is 1. The van der Waals surface area contributed by atoms with Crippen LogP contribution in [0.4, 0.5) is 10.1 Å². The van der Waals surface area contributed by atoms with Crippen molar-refractivity contribution in [2.24, 2.45) is 0 Å². The van der Waals surface area contributed by atoms with Crippen molar-refractivity contribution in [1.82, 2.24) is 15.1 Å². The van der Waals surface area contributed by atoms with Crippen molar-refractivity contribution in [1.29, 1.82) is 0 Å². The fraction of sp³-hybridized carbons (Fsp3) is 0.421. The summed E-state index contributed by atoms with van der Waals surface area (Å²) >= 11 is 0. The van der Waals surface area contributed by atoms with Crippen molar-refractivity contribution in [2.45, 2.75) is 25.7 Å². The van der Waals surface area contributed by atoms with Gasteiger partial charge in [-0.2, -0.15) is 5.10 Å². The normalized spacial score (nSPS) is 17.5. The van der Waals surface area contributed by atoms with E-state index in [1.807, 2.05) is 11.0 Å². The summed E-state index contributed by atoms with van der Waals surface area (Å²) in [6, 6.07) is 6.41. The van der Waals surface area contributed by atoms with Crippen LogP contribution in [0, 0.1) is 5.82 Å². The number of H-pyrrole nitrogens is 1. The summed E-state index contributed by atoms with van der Waals surface area (Å²) in [6.07, 6.45) is 2.31. The van der Waals surface area contributed by atoms with Gasteiger partial charge in [0.25, 0.3) is 5.91 Å². The van der Waals surface area contributed by atoms with E-state index in [1.165, 1.54) is 13.0 Å². The molecule has 1 aromatic heterocycles. The molecule has 2 aliphatic rings. The van der Waals surface area contributed by atoms with E-state index in [1.54, 1.807) is 17.0 Å². The van der Waals surface area contributed by atoms with Gasteiger partial charge in [0.05, 0.1) is 5.69 Å². The zero-order valence-corrected chi connectivity index (χ0v) is 14.7. The van der Waals surface area contributed by atoms with Gasteiger partial charge in [0.15, 0.2) is 5.78 Å². The molecule has 2 heterocycles. The molecule has 4 rings (SSSR count). The molecular formula is C19H21FN4O2. The molecule has 1 saturated heterocycles. The predicted octanol–water partition coefficient (Wildman–Crippen LogP) is 2.59. The second-order valence-corrected chi connectivity index (χ2v) is 6.98. The van der Waals surface area contributed by atoms with Gasteiger partial charge >= 0.3 is 0 Å². The van der Waals surface area contributed by atoms with Gasteiger partial charge in [-0.3, -0.25) is 14.7 Å². The molecule has 7 heteroatoms. The first-order chi connectivity index (χ1) is 12.5. The van der Waals surface area contributed by atoms with Crippen molar-refractivity contribution in [3.63, 3.8) is 0 Å². The second kappa shape index (κ2) is 6.55. The Morgan fingerprint density at radius 1 is 1.15 bits per heavy atom. The van der Waals surface area contributed by atoms with Crippen LogP contribution >= 0.6 is 0 Å². The maximum absolute atomic E-state index is 14.3. The average Bonchev–Trinajstić information content (AvgIpc) is 3.38. The number of rotatable bonds is 4. The number of carbonyl (C=O) groups excluding carboxylic acids is 2. The first-order valence-electron chi connectivity index (χ1n) is 8.93. The topological polar surface area (TPSA) is 69.3 Å². The molecule has 0 spiro atoms. The summed E-state index contributed by atoms with van der Waals surface area (Å²) in [5, 5.41) is 7.11. The van der Waals surface area contributed by atoms with Crippen molar-refractivity contribution >= 4 is 17.4 Å². The summed E-state index contributed by atoms with van der Waals surface area (Å²) in [7, 11) is 0. The Morgan fingerprint density at radius 3 is 2.50 bits per heavy atom. The molecule has 2 fully saturated rings. The smallest absolute Gasteiger partial charge is 0.274 e. The lowest BCUT2D eigenvalue weighted by molar-refractivity contribution is 0.0740. The summed E-state index contributed by atoms with van der Waals surface area (Å²) in [6.45, 7) is 3.53. The van der Waals surface area contributed by atoms with Crippen LogP contribution in [-0.2, 0) is 0 Å². The zero-order valence-electron chi connectivity index (χ0n) is 14.7. The van der Waals surface area contributed by atoms with Crippen LogP contribution < -0.4 is 4.90 Å². The van der Waals surface area contributed by atoms with Gasteiger partial charge in [-0.1, -0.05) is 0 Å². The molecule has 0 atom stereocenters. The maximum Gasteiger partial charge on any atom is 0.274 e. The monoisotopic (exact) mass is 356 g/mol. The van der Waals surface area contributed by atoms with E-state index in [0.29, 0.717) is 49.0 Å². The van der Waals surface area contributed by atoms with Crippen molar-refractivity contribution in [2.75, 3.05) is 31.1 Å². The maximum atomic E-state index is 14.3. The highest BCUT2D eigenvalue weighted by atomic mass is 19.1.